The molecule has 0 radical (unpaired) electrons. The van der Waals surface area contributed by atoms with E-state index in [2.05, 4.69) is 54.6 Å². The summed E-state index contributed by atoms with van der Waals surface area (Å²) in [4.78, 5) is 11.1. The molecule has 1 fully saturated rings. The van der Waals surface area contributed by atoms with E-state index in [4.69, 9.17) is 19.3 Å². The number of ether oxygens (including phenoxy) is 3. The maximum Gasteiger partial charge on any atom is 0.307 e. The molecule has 2 aliphatic rings. The number of carboxylic acid groups (broad SMARTS) is 1. The Bertz CT molecular complexity index is 1180. The van der Waals surface area contributed by atoms with Crippen molar-refractivity contribution in [3.05, 3.63) is 82.9 Å². The summed E-state index contributed by atoms with van der Waals surface area (Å²) in [5, 5.41) is 9.16. The largest absolute Gasteiger partial charge is 0.493 e. The van der Waals surface area contributed by atoms with E-state index < -0.39 is 5.97 Å². The van der Waals surface area contributed by atoms with Gasteiger partial charge in [0.25, 0.3) is 0 Å². The van der Waals surface area contributed by atoms with Gasteiger partial charge in [-0.3, -0.25) is 4.79 Å². The highest BCUT2D eigenvalue weighted by Crippen LogP contribution is 2.47. The number of carbonyl (C=O) groups is 1. The minimum Gasteiger partial charge on any atom is -0.493 e. The van der Waals surface area contributed by atoms with Crippen LogP contribution in [0.2, 0.25) is 0 Å². The second-order valence-electron chi connectivity index (χ2n) is 9.32. The lowest BCUT2D eigenvalue weighted by molar-refractivity contribution is -0.138. The number of aliphatic carboxylic acids is 1. The van der Waals surface area contributed by atoms with E-state index in [1.54, 1.807) is 0 Å². The highest BCUT2D eigenvalue weighted by Gasteiger charge is 2.43. The highest BCUT2D eigenvalue weighted by molar-refractivity contribution is 5.76. The van der Waals surface area contributed by atoms with Gasteiger partial charge in [0.15, 0.2) is 0 Å². The average molecular weight is 473 g/mol. The van der Waals surface area contributed by atoms with Crippen LogP contribution in [0.4, 0.5) is 0 Å². The minimum absolute atomic E-state index is 0.182. The Hall–Kier alpha value is -3.31. The molecule has 1 saturated carbocycles. The average Bonchev–Trinajstić information content (AvgIpc) is 3.69. The first-order valence-electron chi connectivity index (χ1n) is 12.5. The molecule has 0 saturated heterocycles. The lowest BCUT2D eigenvalue weighted by atomic mass is 9.94. The lowest BCUT2D eigenvalue weighted by Crippen LogP contribution is -2.06. The predicted molar refractivity (Wildman–Crippen MR) is 135 cm³/mol. The molecular formula is C30H32O5. The van der Waals surface area contributed by atoms with Crippen LogP contribution in [0, 0.1) is 5.92 Å². The fourth-order valence-electron chi connectivity index (χ4n) is 4.89. The van der Waals surface area contributed by atoms with Gasteiger partial charge in [-0.25, -0.2) is 0 Å². The van der Waals surface area contributed by atoms with Gasteiger partial charge >= 0.3 is 5.97 Å². The monoisotopic (exact) mass is 472 g/mol. The molecule has 0 unspecified atom stereocenters. The molecule has 5 nitrogen and oxygen atoms in total. The highest BCUT2D eigenvalue weighted by atomic mass is 16.5. The first-order chi connectivity index (χ1) is 17.1. The van der Waals surface area contributed by atoms with Crippen molar-refractivity contribution in [2.24, 2.45) is 5.92 Å². The van der Waals surface area contributed by atoms with Crippen molar-refractivity contribution in [3.63, 3.8) is 0 Å². The van der Waals surface area contributed by atoms with Crippen LogP contribution in [-0.4, -0.2) is 37.5 Å². The molecule has 0 aromatic heterocycles. The normalized spacial score (nSPS) is 18.1. The van der Waals surface area contributed by atoms with Gasteiger partial charge in [0.1, 0.15) is 18.1 Å². The Morgan fingerprint density at radius 1 is 0.971 bits per heavy atom. The predicted octanol–water partition coefficient (Wildman–Crippen LogP) is 5.68. The van der Waals surface area contributed by atoms with E-state index in [-0.39, 0.29) is 11.8 Å². The van der Waals surface area contributed by atoms with E-state index in [1.165, 1.54) is 22.3 Å². The van der Waals surface area contributed by atoms with Crippen LogP contribution in [0.25, 0.3) is 11.1 Å². The van der Waals surface area contributed by atoms with Crippen LogP contribution in [0.15, 0.2) is 60.7 Å². The topological polar surface area (TPSA) is 65.0 Å². The second-order valence-corrected chi connectivity index (χ2v) is 9.32. The maximum atomic E-state index is 11.1. The third-order valence-electron chi connectivity index (χ3n) is 6.96. The Kier molecular flexibility index (Phi) is 7.05. The number of carboxylic acids is 1. The van der Waals surface area contributed by atoms with Gasteiger partial charge in [-0.1, -0.05) is 36.4 Å². The molecule has 2 atom stereocenters. The Balaban J connectivity index is 1.26. The van der Waals surface area contributed by atoms with E-state index in [9.17, 15) is 4.79 Å². The summed E-state index contributed by atoms with van der Waals surface area (Å²) in [6, 6.07) is 21.3. The summed E-state index contributed by atoms with van der Waals surface area (Å²) < 4.78 is 17.3. The molecule has 1 aliphatic heterocycles. The maximum absolute atomic E-state index is 11.1. The molecule has 1 N–H and O–H groups in total. The van der Waals surface area contributed by atoms with Gasteiger partial charge in [0.2, 0.25) is 0 Å². The second kappa shape index (κ2) is 10.5. The van der Waals surface area contributed by atoms with Crippen molar-refractivity contribution in [3.8, 4) is 22.6 Å². The lowest BCUT2D eigenvalue weighted by Gasteiger charge is -2.13. The third-order valence-corrected chi connectivity index (χ3v) is 6.96. The number of hydrogen-bond acceptors (Lipinski definition) is 4. The molecule has 0 spiro atoms. The molecule has 5 heteroatoms. The summed E-state index contributed by atoms with van der Waals surface area (Å²) in [6.45, 7) is 4.47. The number of benzene rings is 3. The zero-order valence-electron chi connectivity index (χ0n) is 20.2. The fraction of sp³-hybridized carbons (Fsp3) is 0.367. The molecular weight excluding hydrogens is 440 g/mol. The number of rotatable bonds is 10. The van der Waals surface area contributed by atoms with Gasteiger partial charge < -0.3 is 19.3 Å². The van der Waals surface area contributed by atoms with E-state index in [0.717, 1.165) is 48.3 Å². The molecule has 3 aromatic carbocycles. The van der Waals surface area contributed by atoms with Gasteiger partial charge in [-0.2, -0.15) is 0 Å². The standard InChI is InChI=1S/C30H32O5/c1-2-33-15-16-34-24-10-11-25-23(18-24)13-14-35-29-12-7-21(17-27(25)29)4-3-20-5-8-22(9-6-20)26-19-28(26)30(31)32/h5-12,17-18,26,28H,2-4,13-16,19H2,1H3,(H,31,32)/t26-,28+/m1/s1. The third kappa shape index (κ3) is 5.51. The number of hydrogen-bond donors (Lipinski definition) is 1. The smallest absolute Gasteiger partial charge is 0.307 e. The number of aryl methyl sites for hydroxylation is 2. The van der Waals surface area contributed by atoms with Gasteiger partial charge in [0.05, 0.1) is 19.1 Å². The van der Waals surface area contributed by atoms with Crippen LogP contribution in [0.3, 0.4) is 0 Å². The zero-order chi connectivity index (χ0) is 24.2. The molecule has 0 bridgehead atoms. The zero-order valence-corrected chi connectivity index (χ0v) is 20.2. The fourth-order valence-corrected chi connectivity index (χ4v) is 4.89. The molecule has 35 heavy (non-hydrogen) atoms. The number of fused-ring (bicyclic) bond motifs is 3. The van der Waals surface area contributed by atoms with Crippen molar-refractivity contribution >= 4 is 5.97 Å². The Morgan fingerprint density at radius 3 is 2.54 bits per heavy atom. The van der Waals surface area contributed by atoms with Crippen molar-refractivity contribution in [2.45, 2.75) is 38.5 Å². The van der Waals surface area contributed by atoms with Crippen LogP contribution in [0.1, 0.15) is 41.5 Å². The Morgan fingerprint density at radius 2 is 1.77 bits per heavy atom. The molecule has 3 aromatic rings. The molecule has 182 valence electrons. The first-order valence-corrected chi connectivity index (χ1v) is 12.5. The van der Waals surface area contributed by atoms with Crippen molar-refractivity contribution < 1.29 is 24.1 Å². The summed E-state index contributed by atoms with van der Waals surface area (Å²) in [5.74, 6) is 1.09. The van der Waals surface area contributed by atoms with Crippen LogP contribution >= 0.6 is 0 Å². The summed E-state index contributed by atoms with van der Waals surface area (Å²) in [5.41, 5.74) is 7.26. The van der Waals surface area contributed by atoms with E-state index in [0.29, 0.717) is 26.4 Å². The summed E-state index contributed by atoms with van der Waals surface area (Å²) in [7, 11) is 0. The minimum atomic E-state index is -0.682. The molecule has 1 heterocycles. The quantitative estimate of drug-likeness (QED) is 0.385. The van der Waals surface area contributed by atoms with Gasteiger partial charge in [-0.15, -0.1) is 0 Å². The molecule has 1 aliphatic carbocycles. The molecule has 5 rings (SSSR count). The van der Waals surface area contributed by atoms with E-state index in [1.807, 2.05) is 13.0 Å². The van der Waals surface area contributed by atoms with Crippen LogP contribution in [-0.2, 0) is 28.8 Å². The van der Waals surface area contributed by atoms with Crippen LogP contribution in [0.5, 0.6) is 11.5 Å². The summed E-state index contributed by atoms with van der Waals surface area (Å²) >= 11 is 0. The SMILES string of the molecule is CCOCCOc1ccc2c(c1)CCOc1ccc(CCc3ccc([C@H]4C[C@@H]4C(=O)O)cc3)cc1-2. The van der Waals surface area contributed by atoms with Crippen molar-refractivity contribution in [2.75, 3.05) is 26.4 Å². The van der Waals surface area contributed by atoms with Gasteiger partial charge in [-0.05, 0) is 84.2 Å². The first kappa shape index (κ1) is 23.4. The van der Waals surface area contributed by atoms with Gasteiger partial charge in [0, 0.05) is 18.6 Å². The van der Waals surface area contributed by atoms with Crippen molar-refractivity contribution in [1.29, 1.82) is 0 Å². The summed E-state index contributed by atoms with van der Waals surface area (Å²) in [6.07, 6.45) is 3.47. The Labute approximate surface area is 206 Å². The molecule has 0 amide bonds. The van der Waals surface area contributed by atoms with Crippen molar-refractivity contribution in [1.82, 2.24) is 0 Å². The van der Waals surface area contributed by atoms with Crippen LogP contribution < -0.4 is 9.47 Å². The van der Waals surface area contributed by atoms with E-state index >= 15 is 0 Å².